The van der Waals surface area contributed by atoms with Gasteiger partial charge in [-0.2, -0.15) is 5.10 Å². The minimum absolute atomic E-state index is 0.0467. The number of urea groups is 1. The summed E-state index contributed by atoms with van der Waals surface area (Å²) < 4.78 is 35.6. The Labute approximate surface area is 189 Å². The monoisotopic (exact) mass is 454 g/mol. The second kappa shape index (κ2) is 7.38. The van der Waals surface area contributed by atoms with E-state index in [-0.39, 0.29) is 18.1 Å². The molecule has 2 aromatic heterocycles. The molecule has 2 amide bonds. The molecule has 4 heterocycles. The van der Waals surface area contributed by atoms with E-state index in [0.717, 1.165) is 25.3 Å². The summed E-state index contributed by atoms with van der Waals surface area (Å²) in [5, 5.41) is 7.20. The number of hydrogen-bond donors (Lipinski definition) is 1. The van der Waals surface area contributed by atoms with E-state index in [2.05, 4.69) is 15.3 Å². The Morgan fingerprint density at radius 1 is 1.24 bits per heavy atom. The molecule has 8 nitrogen and oxygen atoms in total. The number of benzene rings is 1. The molecular formula is C23H24F2N6O2. The minimum atomic E-state index is -0.578. The maximum Gasteiger partial charge on any atom is 0.322 e. The first-order chi connectivity index (χ1) is 16.0. The molecule has 3 atom stereocenters. The standard InChI is InChI=1S/C23H24F2N6O2/c1-33-16-5-7-29(13-16)22(32)27-19-12-26-31-9-6-20(28-21(19)31)30-8-4-14-11-23(14,30)17-10-15(24)2-3-18(17)25/h2-3,6,9-10,12,14,16H,4-5,7-8,11,13H2,1H3,(H,27,32)/t14-,16-,23+/m0/s1. The van der Waals surface area contributed by atoms with Crippen molar-refractivity contribution in [2.75, 3.05) is 37.0 Å². The molecule has 2 saturated heterocycles. The average Bonchev–Trinajstić information content (AvgIpc) is 3.18. The van der Waals surface area contributed by atoms with Crippen LogP contribution in [0.3, 0.4) is 0 Å². The molecule has 3 fully saturated rings. The normalized spacial score (nSPS) is 26.2. The summed E-state index contributed by atoms with van der Waals surface area (Å²) in [5.74, 6) is 0.0758. The van der Waals surface area contributed by atoms with Crippen molar-refractivity contribution in [2.24, 2.45) is 5.92 Å². The number of halogens is 2. The highest BCUT2D eigenvalue weighted by molar-refractivity contribution is 5.93. The fourth-order valence-corrected chi connectivity index (χ4v) is 5.49. The number of nitrogens with one attached hydrogen (secondary N) is 1. The van der Waals surface area contributed by atoms with E-state index >= 15 is 0 Å². The molecule has 33 heavy (non-hydrogen) atoms. The molecule has 1 saturated carbocycles. The first-order valence-corrected chi connectivity index (χ1v) is 11.2. The van der Waals surface area contributed by atoms with Crippen molar-refractivity contribution in [2.45, 2.75) is 30.9 Å². The number of carbonyl (C=O) groups is 1. The Morgan fingerprint density at radius 3 is 2.91 bits per heavy atom. The highest BCUT2D eigenvalue weighted by atomic mass is 19.1. The van der Waals surface area contributed by atoms with Crippen LogP contribution in [0.25, 0.3) is 5.65 Å². The Hall–Kier alpha value is -3.27. The number of aromatic nitrogens is 3. The van der Waals surface area contributed by atoms with Crippen molar-refractivity contribution in [3.8, 4) is 0 Å². The molecule has 3 aliphatic rings. The molecule has 0 bridgehead atoms. The van der Waals surface area contributed by atoms with Gasteiger partial charge < -0.3 is 19.9 Å². The summed E-state index contributed by atoms with van der Waals surface area (Å²) in [6.07, 6.45) is 5.84. The van der Waals surface area contributed by atoms with Gasteiger partial charge in [-0.05, 0) is 49.4 Å². The number of amides is 2. The van der Waals surface area contributed by atoms with Crippen molar-refractivity contribution in [3.63, 3.8) is 0 Å². The van der Waals surface area contributed by atoms with E-state index in [0.29, 0.717) is 42.4 Å². The van der Waals surface area contributed by atoms with Gasteiger partial charge >= 0.3 is 6.03 Å². The number of fused-ring (bicyclic) bond motifs is 2. The van der Waals surface area contributed by atoms with Gasteiger partial charge in [0.1, 0.15) is 23.1 Å². The zero-order valence-corrected chi connectivity index (χ0v) is 18.2. The van der Waals surface area contributed by atoms with E-state index in [4.69, 9.17) is 9.72 Å². The number of piperidine rings is 1. The van der Waals surface area contributed by atoms with Crippen LogP contribution in [0.15, 0.2) is 36.7 Å². The van der Waals surface area contributed by atoms with Gasteiger partial charge in [0.05, 0.1) is 17.8 Å². The van der Waals surface area contributed by atoms with Crippen LogP contribution in [0.1, 0.15) is 24.8 Å². The number of nitrogens with zero attached hydrogens (tertiary/aromatic N) is 5. The molecule has 10 heteroatoms. The van der Waals surface area contributed by atoms with Crippen LogP contribution < -0.4 is 10.2 Å². The van der Waals surface area contributed by atoms with Crippen molar-refractivity contribution in [3.05, 3.63) is 53.9 Å². The van der Waals surface area contributed by atoms with Crippen molar-refractivity contribution < 1.29 is 18.3 Å². The lowest BCUT2D eigenvalue weighted by Gasteiger charge is -2.30. The Kier molecular flexibility index (Phi) is 4.55. The lowest BCUT2D eigenvalue weighted by Crippen LogP contribution is -2.34. The van der Waals surface area contributed by atoms with Crippen molar-refractivity contribution in [1.29, 1.82) is 0 Å². The zero-order chi connectivity index (χ0) is 22.7. The fourth-order valence-electron chi connectivity index (χ4n) is 5.49. The van der Waals surface area contributed by atoms with Crippen LogP contribution in [0.5, 0.6) is 0 Å². The fraction of sp³-hybridized carbons (Fsp3) is 0.435. The topological polar surface area (TPSA) is 75.0 Å². The molecule has 0 unspecified atom stereocenters. The van der Waals surface area contributed by atoms with Crippen LogP contribution in [0.2, 0.25) is 0 Å². The Morgan fingerprint density at radius 2 is 2.12 bits per heavy atom. The summed E-state index contributed by atoms with van der Waals surface area (Å²) in [5.41, 5.74) is 0.809. The minimum Gasteiger partial charge on any atom is -0.380 e. The van der Waals surface area contributed by atoms with Gasteiger partial charge in [0.15, 0.2) is 5.65 Å². The molecular weight excluding hydrogens is 430 g/mol. The van der Waals surface area contributed by atoms with Gasteiger partial charge in [-0.25, -0.2) is 23.1 Å². The lowest BCUT2D eigenvalue weighted by molar-refractivity contribution is 0.111. The van der Waals surface area contributed by atoms with Gasteiger partial charge in [0.2, 0.25) is 0 Å². The first kappa shape index (κ1) is 20.3. The number of hydrogen-bond acceptors (Lipinski definition) is 5. The summed E-state index contributed by atoms with van der Waals surface area (Å²) in [6, 6.07) is 5.25. The second-order valence-electron chi connectivity index (χ2n) is 9.02. The van der Waals surface area contributed by atoms with Crippen LogP contribution in [-0.4, -0.2) is 58.4 Å². The Bertz CT molecular complexity index is 1250. The highest BCUT2D eigenvalue weighted by Crippen LogP contribution is 2.63. The quantitative estimate of drug-likeness (QED) is 0.654. The Balaban J connectivity index is 1.31. The smallest absolute Gasteiger partial charge is 0.322 e. The maximum absolute atomic E-state index is 14.7. The second-order valence-corrected chi connectivity index (χ2v) is 9.02. The zero-order valence-electron chi connectivity index (χ0n) is 18.2. The van der Waals surface area contributed by atoms with E-state index in [9.17, 15) is 13.6 Å². The number of methoxy groups -OCH3 is 1. The van der Waals surface area contributed by atoms with Crippen molar-refractivity contribution in [1.82, 2.24) is 19.5 Å². The third kappa shape index (κ3) is 3.15. The van der Waals surface area contributed by atoms with Gasteiger partial charge in [-0.15, -0.1) is 0 Å². The number of carbonyl (C=O) groups excluding carboxylic acids is 1. The van der Waals surface area contributed by atoms with Crippen LogP contribution in [-0.2, 0) is 10.3 Å². The maximum atomic E-state index is 14.7. The lowest BCUT2D eigenvalue weighted by atomic mass is 10.0. The highest BCUT2D eigenvalue weighted by Gasteiger charge is 2.64. The van der Waals surface area contributed by atoms with Gasteiger partial charge in [0, 0.05) is 38.5 Å². The predicted molar refractivity (Wildman–Crippen MR) is 117 cm³/mol. The first-order valence-electron chi connectivity index (χ1n) is 11.2. The molecule has 1 aliphatic carbocycles. The SMILES string of the molecule is CO[C@H]1CCN(C(=O)Nc2cnn3ccc(N4CC[C@H]5C[C@]54c4cc(F)ccc4F)nc23)C1. The third-order valence-corrected chi connectivity index (χ3v) is 7.29. The van der Waals surface area contributed by atoms with E-state index < -0.39 is 17.2 Å². The van der Waals surface area contributed by atoms with Crippen molar-refractivity contribution >= 4 is 23.2 Å². The molecule has 1 aromatic carbocycles. The third-order valence-electron chi connectivity index (χ3n) is 7.29. The van der Waals surface area contributed by atoms with E-state index in [1.54, 1.807) is 28.9 Å². The molecule has 1 N–H and O–H groups in total. The molecule has 2 aliphatic heterocycles. The molecule has 3 aromatic rings. The number of rotatable bonds is 4. The summed E-state index contributed by atoms with van der Waals surface area (Å²) in [4.78, 5) is 21.3. The molecule has 172 valence electrons. The van der Waals surface area contributed by atoms with Crippen LogP contribution in [0, 0.1) is 17.6 Å². The van der Waals surface area contributed by atoms with Gasteiger partial charge in [-0.1, -0.05) is 0 Å². The number of ether oxygens (including phenoxy) is 1. The summed E-state index contributed by atoms with van der Waals surface area (Å²) in [7, 11) is 1.65. The van der Waals surface area contributed by atoms with E-state index in [1.165, 1.54) is 12.1 Å². The van der Waals surface area contributed by atoms with Gasteiger partial charge in [0.25, 0.3) is 0 Å². The number of anilines is 2. The average molecular weight is 454 g/mol. The van der Waals surface area contributed by atoms with Crippen LogP contribution in [0.4, 0.5) is 25.1 Å². The molecule has 0 radical (unpaired) electrons. The largest absolute Gasteiger partial charge is 0.380 e. The van der Waals surface area contributed by atoms with Gasteiger partial charge in [-0.3, -0.25) is 0 Å². The number of likely N-dealkylation sites (tertiary alicyclic amines) is 1. The van der Waals surface area contributed by atoms with E-state index in [1.807, 2.05) is 6.07 Å². The predicted octanol–water partition coefficient (Wildman–Crippen LogP) is 3.39. The van der Waals surface area contributed by atoms with Crippen LogP contribution >= 0.6 is 0 Å². The summed E-state index contributed by atoms with van der Waals surface area (Å²) >= 11 is 0. The molecule has 0 spiro atoms. The summed E-state index contributed by atoms with van der Waals surface area (Å²) in [6.45, 7) is 1.86. The molecule has 6 rings (SSSR count).